The van der Waals surface area contributed by atoms with Gasteiger partial charge in [-0.2, -0.15) is 0 Å². The summed E-state index contributed by atoms with van der Waals surface area (Å²) in [5.74, 6) is -0.637. The van der Waals surface area contributed by atoms with Gasteiger partial charge in [0.15, 0.2) is 11.5 Å². The van der Waals surface area contributed by atoms with E-state index in [1.54, 1.807) is 24.9 Å². The molecule has 0 saturated heterocycles. The molecule has 6 heteroatoms. The van der Waals surface area contributed by atoms with Gasteiger partial charge in [0.25, 0.3) is 5.91 Å². The Kier molecular flexibility index (Phi) is 6.33. The Morgan fingerprint density at radius 1 is 1.17 bits per heavy atom. The summed E-state index contributed by atoms with van der Waals surface area (Å²) in [5.41, 5.74) is 1.40. The third-order valence-electron chi connectivity index (χ3n) is 4.89. The van der Waals surface area contributed by atoms with E-state index in [0.29, 0.717) is 17.0 Å². The first-order valence-electron chi connectivity index (χ1n) is 9.45. The van der Waals surface area contributed by atoms with Crippen LogP contribution in [0.3, 0.4) is 0 Å². The maximum atomic E-state index is 13.1. The van der Waals surface area contributed by atoms with Crippen LogP contribution in [0.2, 0.25) is 0 Å². The summed E-state index contributed by atoms with van der Waals surface area (Å²) in [6.07, 6.45) is 2.22. The molecule has 1 amide bonds. The smallest absolute Gasteiger partial charge is 0.294 e. The Morgan fingerprint density at radius 3 is 2.41 bits per heavy atom. The first-order chi connectivity index (χ1) is 13.9. The third kappa shape index (κ3) is 4.03. The van der Waals surface area contributed by atoms with Crippen molar-refractivity contribution in [1.82, 2.24) is 0 Å². The summed E-state index contributed by atoms with van der Waals surface area (Å²) in [5, 5.41) is 10.7. The first kappa shape index (κ1) is 21.0. The van der Waals surface area contributed by atoms with E-state index < -0.39 is 17.7 Å². The number of benzene rings is 2. The molecule has 29 heavy (non-hydrogen) atoms. The standard InChI is InChI=1S/C23H25NO4S/c1-14(2)13-18(25)20-21(17-7-5-6-8-19(17)28-3)24(23(27)22(20)26)15-9-11-16(29-4)12-10-15/h5-12,14,21,26H,13H2,1-4H3. The summed E-state index contributed by atoms with van der Waals surface area (Å²) >= 11 is 1.60. The molecule has 1 aliphatic heterocycles. The van der Waals surface area contributed by atoms with Gasteiger partial charge in [0.1, 0.15) is 5.75 Å². The fourth-order valence-electron chi connectivity index (χ4n) is 3.57. The highest BCUT2D eigenvalue weighted by atomic mass is 32.2. The molecule has 2 aromatic rings. The molecule has 1 atom stereocenters. The zero-order valence-corrected chi connectivity index (χ0v) is 17.8. The van der Waals surface area contributed by atoms with Gasteiger partial charge >= 0.3 is 0 Å². The molecule has 0 fully saturated rings. The van der Waals surface area contributed by atoms with Gasteiger partial charge in [-0.1, -0.05) is 32.0 Å². The summed E-state index contributed by atoms with van der Waals surface area (Å²) in [7, 11) is 1.55. The number of aliphatic hydroxyl groups excluding tert-OH is 1. The molecule has 0 spiro atoms. The van der Waals surface area contributed by atoms with Crippen LogP contribution in [-0.2, 0) is 9.59 Å². The van der Waals surface area contributed by atoms with E-state index >= 15 is 0 Å². The van der Waals surface area contributed by atoms with Gasteiger partial charge in [0.05, 0.1) is 18.7 Å². The van der Waals surface area contributed by atoms with Crippen LogP contribution >= 0.6 is 11.8 Å². The highest BCUT2D eigenvalue weighted by molar-refractivity contribution is 7.98. The number of methoxy groups -OCH3 is 1. The van der Waals surface area contributed by atoms with Crippen molar-refractivity contribution in [3.63, 3.8) is 0 Å². The number of carbonyl (C=O) groups excluding carboxylic acids is 2. The van der Waals surface area contributed by atoms with Gasteiger partial charge in [-0.3, -0.25) is 14.5 Å². The molecule has 0 saturated carbocycles. The molecule has 1 N–H and O–H groups in total. The molecule has 0 radical (unpaired) electrons. The van der Waals surface area contributed by atoms with Crippen molar-refractivity contribution in [3.05, 3.63) is 65.4 Å². The minimum absolute atomic E-state index is 0.103. The number of Topliss-reactive ketones (excluding diaryl/α,β-unsaturated/α-hetero) is 1. The van der Waals surface area contributed by atoms with Crippen LogP contribution in [0.1, 0.15) is 31.9 Å². The van der Waals surface area contributed by atoms with Crippen molar-refractivity contribution >= 4 is 29.1 Å². The van der Waals surface area contributed by atoms with E-state index in [4.69, 9.17) is 4.74 Å². The fourth-order valence-corrected chi connectivity index (χ4v) is 3.97. The first-order valence-corrected chi connectivity index (χ1v) is 10.7. The second-order valence-corrected chi connectivity index (χ2v) is 8.18. The quantitative estimate of drug-likeness (QED) is 0.654. The monoisotopic (exact) mass is 411 g/mol. The Morgan fingerprint density at radius 2 is 1.83 bits per heavy atom. The molecule has 2 aromatic carbocycles. The maximum absolute atomic E-state index is 13.1. The van der Waals surface area contributed by atoms with E-state index in [1.165, 1.54) is 4.90 Å². The number of para-hydroxylation sites is 1. The minimum Gasteiger partial charge on any atom is -0.503 e. The highest BCUT2D eigenvalue weighted by Crippen LogP contribution is 2.44. The molecular weight excluding hydrogens is 386 g/mol. The van der Waals surface area contributed by atoms with Crippen molar-refractivity contribution in [1.29, 1.82) is 0 Å². The Hall–Kier alpha value is -2.73. The van der Waals surface area contributed by atoms with Crippen LogP contribution in [0, 0.1) is 5.92 Å². The van der Waals surface area contributed by atoms with Crippen LogP contribution in [-0.4, -0.2) is 30.2 Å². The number of nitrogens with zero attached hydrogens (tertiary/aromatic N) is 1. The van der Waals surface area contributed by atoms with Gasteiger partial charge in [0.2, 0.25) is 0 Å². The van der Waals surface area contributed by atoms with Gasteiger partial charge in [-0.15, -0.1) is 11.8 Å². The van der Waals surface area contributed by atoms with Crippen molar-refractivity contribution in [2.24, 2.45) is 5.92 Å². The predicted octanol–water partition coefficient (Wildman–Crippen LogP) is 4.93. The number of hydrogen-bond acceptors (Lipinski definition) is 5. The predicted molar refractivity (Wildman–Crippen MR) is 116 cm³/mol. The van der Waals surface area contributed by atoms with E-state index in [-0.39, 0.29) is 23.7 Å². The van der Waals surface area contributed by atoms with Crippen LogP contribution < -0.4 is 9.64 Å². The summed E-state index contributed by atoms with van der Waals surface area (Å²) < 4.78 is 5.50. The van der Waals surface area contributed by atoms with E-state index in [0.717, 1.165) is 4.90 Å². The Bertz CT molecular complexity index is 950. The molecule has 0 aromatic heterocycles. The molecule has 152 valence electrons. The maximum Gasteiger partial charge on any atom is 0.294 e. The van der Waals surface area contributed by atoms with Crippen LogP contribution in [0.5, 0.6) is 5.75 Å². The molecule has 3 rings (SSSR count). The fraction of sp³-hybridized carbons (Fsp3) is 0.304. The molecule has 0 bridgehead atoms. The number of rotatable bonds is 7. The number of anilines is 1. The minimum atomic E-state index is -0.745. The normalized spacial score (nSPS) is 16.7. The van der Waals surface area contributed by atoms with Gasteiger partial charge in [-0.05, 0) is 42.5 Å². The topological polar surface area (TPSA) is 66.8 Å². The second kappa shape index (κ2) is 8.74. The molecule has 1 aliphatic rings. The number of amides is 1. The van der Waals surface area contributed by atoms with Gasteiger partial charge in [-0.25, -0.2) is 0 Å². The summed E-state index contributed by atoms with van der Waals surface area (Å²) in [6, 6.07) is 14.0. The Balaban J connectivity index is 2.17. The SMILES string of the molecule is COc1ccccc1C1C(C(=O)CC(C)C)=C(O)C(=O)N1c1ccc(SC)cc1. The average Bonchev–Trinajstić information content (AvgIpc) is 2.98. The van der Waals surface area contributed by atoms with Crippen LogP contribution in [0.4, 0.5) is 5.69 Å². The van der Waals surface area contributed by atoms with Crippen LogP contribution in [0.25, 0.3) is 0 Å². The van der Waals surface area contributed by atoms with Gasteiger partial charge < -0.3 is 9.84 Å². The molecule has 0 aliphatic carbocycles. The number of thioether (sulfide) groups is 1. The number of aliphatic hydroxyl groups is 1. The molecule has 5 nitrogen and oxygen atoms in total. The zero-order valence-electron chi connectivity index (χ0n) is 17.0. The summed E-state index contributed by atoms with van der Waals surface area (Å²) in [4.78, 5) is 28.6. The number of ketones is 1. The molecule has 1 unspecified atom stereocenters. The lowest BCUT2D eigenvalue weighted by molar-refractivity contribution is -0.118. The van der Waals surface area contributed by atoms with Crippen molar-refractivity contribution in [3.8, 4) is 5.75 Å². The van der Waals surface area contributed by atoms with Crippen molar-refractivity contribution < 1.29 is 19.4 Å². The molecule has 1 heterocycles. The lowest BCUT2D eigenvalue weighted by atomic mass is 9.91. The van der Waals surface area contributed by atoms with E-state index in [1.807, 2.05) is 62.6 Å². The lowest BCUT2D eigenvalue weighted by Gasteiger charge is -2.28. The highest BCUT2D eigenvalue weighted by Gasteiger charge is 2.45. The number of carbonyl (C=O) groups is 2. The zero-order chi connectivity index (χ0) is 21.1. The number of ether oxygens (including phenoxy) is 1. The Labute approximate surface area is 175 Å². The largest absolute Gasteiger partial charge is 0.503 e. The van der Waals surface area contributed by atoms with Crippen LogP contribution in [0.15, 0.2) is 64.8 Å². The average molecular weight is 412 g/mol. The van der Waals surface area contributed by atoms with Crippen molar-refractivity contribution in [2.75, 3.05) is 18.3 Å². The second-order valence-electron chi connectivity index (χ2n) is 7.30. The van der Waals surface area contributed by atoms with Gasteiger partial charge in [0, 0.05) is 22.6 Å². The van der Waals surface area contributed by atoms with Crippen molar-refractivity contribution in [2.45, 2.75) is 31.2 Å². The van der Waals surface area contributed by atoms with E-state index in [2.05, 4.69) is 0 Å². The molecular formula is C23H25NO4S. The number of hydrogen-bond donors (Lipinski definition) is 1. The lowest BCUT2D eigenvalue weighted by Crippen LogP contribution is -2.31. The summed E-state index contributed by atoms with van der Waals surface area (Å²) in [6.45, 7) is 3.87. The third-order valence-corrected chi connectivity index (χ3v) is 5.63. The van der Waals surface area contributed by atoms with E-state index in [9.17, 15) is 14.7 Å².